The average Bonchev–Trinajstić information content (AvgIpc) is 2.61. The van der Waals surface area contributed by atoms with Crippen LogP contribution in [0.15, 0.2) is 65.7 Å². The van der Waals surface area contributed by atoms with Gasteiger partial charge in [0.05, 0.1) is 10.8 Å². The number of nitrogens with one attached hydrogen (secondary N) is 1. The Bertz CT molecular complexity index is 840. The van der Waals surface area contributed by atoms with E-state index < -0.39 is 0 Å². The summed E-state index contributed by atoms with van der Waals surface area (Å²) in [4.78, 5) is 17.8. The SMILES string of the molecule is Cc1ccc(CNC(=O)C(C)Sc2ccnc3ccccc23)cc1. The highest BCUT2D eigenvalue weighted by Crippen LogP contribution is 2.29. The number of fused-ring (bicyclic) bond motifs is 1. The molecule has 3 nitrogen and oxygen atoms in total. The van der Waals surface area contributed by atoms with Crippen molar-refractivity contribution in [3.63, 3.8) is 0 Å². The fourth-order valence-corrected chi connectivity index (χ4v) is 3.47. The number of rotatable bonds is 5. The van der Waals surface area contributed by atoms with E-state index in [4.69, 9.17) is 0 Å². The van der Waals surface area contributed by atoms with Gasteiger partial charge in [0.15, 0.2) is 0 Å². The predicted molar refractivity (Wildman–Crippen MR) is 100 cm³/mol. The average molecular weight is 336 g/mol. The van der Waals surface area contributed by atoms with Crippen molar-refractivity contribution in [2.75, 3.05) is 0 Å². The first kappa shape index (κ1) is 16.5. The number of carbonyl (C=O) groups excluding carboxylic acids is 1. The molecule has 0 aliphatic rings. The molecule has 3 aromatic rings. The van der Waals surface area contributed by atoms with Gasteiger partial charge in [-0.15, -0.1) is 11.8 Å². The van der Waals surface area contributed by atoms with E-state index in [2.05, 4.69) is 29.4 Å². The van der Waals surface area contributed by atoms with E-state index in [0.717, 1.165) is 21.4 Å². The fraction of sp³-hybridized carbons (Fsp3) is 0.200. The van der Waals surface area contributed by atoms with Crippen LogP contribution >= 0.6 is 11.8 Å². The smallest absolute Gasteiger partial charge is 0.233 e. The molecule has 122 valence electrons. The Morgan fingerprint density at radius 1 is 1.12 bits per heavy atom. The molecule has 0 saturated heterocycles. The van der Waals surface area contributed by atoms with Gasteiger partial charge in [0.25, 0.3) is 0 Å². The molecule has 4 heteroatoms. The zero-order valence-corrected chi connectivity index (χ0v) is 14.6. The molecule has 1 heterocycles. The minimum absolute atomic E-state index is 0.0430. The number of nitrogens with zero attached hydrogens (tertiary/aromatic N) is 1. The summed E-state index contributed by atoms with van der Waals surface area (Å²) in [7, 11) is 0. The number of thioether (sulfide) groups is 1. The van der Waals surface area contributed by atoms with Gasteiger partial charge in [0.1, 0.15) is 0 Å². The largest absolute Gasteiger partial charge is 0.351 e. The van der Waals surface area contributed by atoms with Crippen molar-refractivity contribution in [3.8, 4) is 0 Å². The standard InChI is InChI=1S/C20H20N2OS/c1-14-7-9-16(10-8-14)13-22-20(23)15(2)24-19-11-12-21-18-6-4-3-5-17(18)19/h3-12,15H,13H2,1-2H3,(H,22,23). The van der Waals surface area contributed by atoms with Gasteiger partial charge in [-0.25, -0.2) is 0 Å². The Morgan fingerprint density at radius 3 is 2.67 bits per heavy atom. The molecule has 0 bridgehead atoms. The first-order valence-corrected chi connectivity index (χ1v) is 8.85. The third-order valence-electron chi connectivity index (χ3n) is 3.87. The number of amides is 1. The van der Waals surface area contributed by atoms with E-state index in [9.17, 15) is 4.79 Å². The third-order valence-corrected chi connectivity index (χ3v) is 5.05. The molecular weight excluding hydrogens is 316 g/mol. The second-order valence-corrected chi connectivity index (χ2v) is 7.17. The molecule has 1 aromatic heterocycles. The van der Waals surface area contributed by atoms with Gasteiger partial charge >= 0.3 is 0 Å². The Balaban J connectivity index is 1.64. The molecule has 3 rings (SSSR count). The number of benzene rings is 2. The lowest BCUT2D eigenvalue weighted by atomic mass is 10.1. The summed E-state index contributed by atoms with van der Waals surface area (Å²) in [6, 6.07) is 18.2. The summed E-state index contributed by atoms with van der Waals surface area (Å²) in [6.07, 6.45) is 1.79. The Labute approximate surface area is 146 Å². The molecule has 0 fully saturated rings. The van der Waals surface area contributed by atoms with Crippen LogP contribution in [0.5, 0.6) is 0 Å². The first-order chi connectivity index (χ1) is 11.6. The summed E-state index contributed by atoms with van der Waals surface area (Å²) in [5.41, 5.74) is 3.29. The van der Waals surface area contributed by atoms with Crippen molar-refractivity contribution >= 4 is 28.6 Å². The predicted octanol–water partition coefficient (Wildman–Crippen LogP) is 4.34. The highest BCUT2D eigenvalue weighted by molar-refractivity contribution is 8.00. The first-order valence-electron chi connectivity index (χ1n) is 7.97. The monoisotopic (exact) mass is 336 g/mol. The highest BCUT2D eigenvalue weighted by Gasteiger charge is 2.15. The molecule has 0 aliphatic heterocycles. The number of carbonyl (C=O) groups is 1. The van der Waals surface area contributed by atoms with E-state index in [1.165, 1.54) is 5.56 Å². The zero-order valence-electron chi connectivity index (χ0n) is 13.8. The van der Waals surface area contributed by atoms with E-state index in [1.807, 2.05) is 49.4 Å². The summed E-state index contributed by atoms with van der Waals surface area (Å²) in [5.74, 6) is 0.0430. The summed E-state index contributed by atoms with van der Waals surface area (Å²) in [6.45, 7) is 4.55. The molecule has 0 saturated carbocycles. The van der Waals surface area contributed by atoms with Gasteiger partial charge < -0.3 is 5.32 Å². The van der Waals surface area contributed by atoms with Gasteiger partial charge in [0, 0.05) is 23.0 Å². The van der Waals surface area contributed by atoms with Crippen LogP contribution in [0.1, 0.15) is 18.1 Å². The molecule has 1 atom stereocenters. The minimum atomic E-state index is -0.166. The lowest BCUT2D eigenvalue weighted by Gasteiger charge is -2.13. The molecule has 0 aliphatic carbocycles. The van der Waals surface area contributed by atoms with E-state index in [1.54, 1.807) is 18.0 Å². The quantitative estimate of drug-likeness (QED) is 0.705. The van der Waals surface area contributed by atoms with E-state index in [-0.39, 0.29) is 11.2 Å². The summed E-state index contributed by atoms with van der Waals surface area (Å²) >= 11 is 1.57. The van der Waals surface area contributed by atoms with E-state index in [0.29, 0.717) is 6.54 Å². The van der Waals surface area contributed by atoms with E-state index >= 15 is 0 Å². The number of pyridine rings is 1. The van der Waals surface area contributed by atoms with Crippen LogP contribution in [0.4, 0.5) is 0 Å². The van der Waals surface area contributed by atoms with Crippen molar-refractivity contribution < 1.29 is 4.79 Å². The number of para-hydroxylation sites is 1. The molecule has 1 N–H and O–H groups in total. The molecular formula is C20H20N2OS. The molecule has 2 aromatic carbocycles. The van der Waals surface area contributed by atoms with Crippen molar-refractivity contribution in [3.05, 3.63) is 71.9 Å². The van der Waals surface area contributed by atoms with Crippen LogP contribution in [0.3, 0.4) is 0 Å². The number of hydrogen-bond acceptors (Lipinski definition) is 3. The maximum atomic E-state index is 12.4. The topological polar surface area (TPSA) is 42.0 Å². The van der Waals surface area contributed by atoms with Crippen molar-refractivity contribution in [2.45, 2.75) is 30.5 Å². The van der Waals surface area contributed by atoms with Crippen LogP contribution < -0.4 is 5.32 Å². The van der Waals surface area contributed by atoms with Crippen molar-refractivity contribution in [1.29, 1.82) is 0 Å². The number of aryl methyl sites for hydroxylation is 1. The van der Waals surface area contributed by atoms with Gasteiger partial charge in [-0.05, 0) is 31.5 Å². The Kier molecular flexibility index (Phi) is 5.16. The van der Waals surface area contributed by atoms with Crippen LogP contribution in [-0.2, 0) is 11.3 Å². The molecule has 1 amide bonds. The zero-order chi connectivity index (χ0) is 16.9. The normalized spacial score (nSPS) is 12.1. The summed E-state index contributed by atoms with van der Waals surface area (Å²) < 4.78 is 0. The number of hydrogen-bond donors (Lipinski definition) is 1. The lowest BCUT2D eigenvalue weighted by molar-refractivity contribution is -0.120. The van der Waals surface area contributed by atoms with Crippen LogP contribution in [0.25, 0.3) is 10.9 Å². The minimum Gasteiger partial charge on any atom is -0.351 e. The van der Waals surface area contributed by atoms with Crippen molar-refractivity contribution in [1.82, 2.24) is 10.3 Å². The van der Waals surface area contributed by atoms with Gasteiger partial charge in [-0.1, -0.05) is 48.0 Å². The fourth-order valence-electron chi connectivity index (χ4n) is 2.46. The second-order valence-electron chi connectivity index (χ2n) is 5.79. The third kappa shape index (κ3) is 3.95. The van der Waals surface area contributed by atoms with Crippen LogP contribution in [-0.4, -0.2) is 16.1 Å². The highest BCUT2D eigenvalue weighted by atomic mass is 32.2. The molecule has 24 heavy (non-hydrogen) atoms. The molecule has 1 unspecified atom stereocenters. The van der Waals surface area contributed by atoms with Crippen LogP contribution in [0.2, 0.25) is 0 Å². The van der Waals surface area contributed by atoms with Gasteiger partial charge in [-0.3, -0.25) is 9.78 Å². The van der Waals surface area contributed by atoms with Crippen molar-refractivity contribution in [2.24, 2.45) is 0 Å². The maximum Gasteiger partial charge on any atom is 0.233 e. The summed E-state index contributed by atoms with van der Waals surface area (Å²) in [5, 5.41) is 3.93. The van der Waals surface area contributed by atoms with Gasteiger partial charge in [0.2, 0.25) is 5.91 Å². The molecule has 0 spiro atoms. The maximum absolute atomic E-state index is 12.4. The Morgan fingerprint density at radius 2 is 1.88 bits per heavy atom. The van der Waals surface area contributed by atoms with Gasteiger partial charge in [-0.2, -0.15) is 0 Å². The Hall–Kier alpha value is -2.33. The lowest BCUT2D eigenvalue weighted by Crippen LogP contribution is -2.30. The number of aromatic nitrogens is 1. The second kappa shape index (κ2) is 7.49. The molecule has 0 radical (unpaired) electrons. The van der Waals surface area contributed by atoms with Crippen LogP contribution in [0, 0.1) is 6.92 Å².